The molecule has 0 atom stereocenters. The summed E-state index contributed by atoms with van der Waals surface area (Å²) in [6, 6.07) is 21.3. The second kappa shape index (κ2) is 6.03. The van der Waals surface area contributed by atoms with Crippen molar-refractivity contribution in [1.82, 2.24) is 4.98 Å². The number of allylic oxidation sites excluding steroid dienone is 2. The van der Waals surface area contributed by atoms with Crippen molar-refractivity contribution in [2.24, 2.45) is 0 Å². The zero-order valence-electron chi connectivity index (χ0n) is 14.4. The van der Waals surface area contributed by atoms with E-state index in [0.29, 0.717) is 0 Å². The van der Waals surface area contributed by atoms with Gasteiger partial charge in [0.1, 0.15) is 22.6 Å². The third-order valence-electron chi connectivity index (χ3n) is 4.68. The molecule has 2 aromatic heterocycles. The van der Waals surface area contributed by atoms with Gasteiger partial charge >= 0.3 is 0 Å². The van der Waals surface area contributed by atoms with E-state index in [9.17, 15) is 0 Å². The number of pyridine rings is 1. The van der Waals surface area contributed by atoms with Crippen LogP contribution in [0, 0.1) is 13.0 Å². The lowest BCUT2D eigenvalue weighted by Gasteiger charge is -2.06. The summed E-state index contributed by atoms with van der Waals surface area (Å²) in [6.45, 7) is 2.11. The molecule has 0 amide bonds. The number of nitrogens with zero attached hydrogens (tertiary/aromatic N) is 1. The predicted octanol–water partition coefficient (Wildman–Crippen LogP) is 6.78. The number of fused-ring (bicyclic) bond motifs is 3. The second-order valence-corrected chi connectivity index (χ2v) is 7.54. The van der Waals surface area contributed by atoms with E-state index in [0.717, 1.165) is 17.0 Å². The third kappa shape index (κ3) is 2.48. The van der Waals surface area contributed by atoms with Crippen LogP contribution in [0.1, 0.15) is 16.0 Å². The minimum absolute atomic E-state index is 1.01. The van der Waals surface area contributed by atoms with Gasteiger partial charge in [-0.2, -0.15) is 0 Å². The summed E-state index contributed by atoms with van der Waals surface area (Å²) in [5.41, 5.74) is 6.90. The van der Waals surface area contributed by atoms with Crippen LogP contribution < -0.4 is 0 Å². The maximum Gasteiger partial charge on any atom is 0.147 e. The smallest absolute Gasteiger partial charge is 0.147 e. The van der Waals surface area contributed by atoms with Crippen LogP contribution >= 0.6 is 11.3 Å². The summed E-state index contributed by atoms with van der Waals surface area (Å²) in [7, 11) is 0. The molecule has 0 aliphatic heterocycles. The number of aryl methyl sites for hydroxylation is 1. The molecule has 122 valence electrons. The fraction of sp³-hybridized carbons (Fsp3) is 0.0417. The lowest BCUT2D eigenvalue weighted by atomic mass is 10.0. The Balaban J connectivity index is 1.69. The van der Waals surface area contributed by atoms with Gasteiger partial charge in [-0.1, -0.05) is 42.0 Å². The van der Waals surface area contributed by atoms with Crippen LogP contribution in [0.4, 0.5) is 0 Å². The number of aromatic nitrogens is 1. The molecule has 0 N–H and O–H groups in total. The largest absolute Gasteiger partial charge is 0.248 e. The molecule has 2 heterocycles. The fourth-order valence-corrected chi connectivity index (χ4v) is 4.64. The fourth-order valence-electron chi connectivity index (χ4n) is 3.44. The van der Waals surface area contributed by atoms with Gasteiger partial charge in [0.05, 0.1) is 27.6 Å². The van der Waals surface area contributed by atoms with E-state index in [2.05, 4.69) is 85.8 Å². The molecule has 4 aromatic rings. The zero-order valence-corrected chi connectivity index (χ0v) is 15.2. The molecular weight excluding hydrogens is 334 g/mol. The Morgan fingerprint density at radius 3 is 2.69 bits per heavy atom. The summed E-state index contributed by atoms with van der Waals surface area (Å²) in [5.74, 6) is 0. The number of benzene rings is 2. The van der Waals surface area contributed by atoms with E-state index in [1.165, 1.54) is 31.7 Å². The Morgan fingerprint density at radius 1 is 0.923 bits per heavy atom. The first kappa shape index (κ1) is 15.2. The highest BCUT2D eigenvalue weighted by Crippen LogP contribution is 2.40. The first-order valence-electron chi connectivity index (χ1n) is 8.65. The van der Waals surface area contributed by atoms with Crippen LogP contribution in [-0.4, -0.2) is 4.98 Å². The van der Waals surface area contributed by atoms with Crippen LogP contribution in [-0.2, 0) is 0 Å². The van der Waals surface area contributed by atoms with Crippen molar-refractivity contribution >= 4 is 33.6 Å². The van der Waals surface area contributed by atoms with Crippen molar-refractivity contribution in [3.63, 3.8) is 0 Å². The topological polar surface area (TPSA) is 12.9 Å². The molecule has 26 heavy (non-hydrogen) atoms. The molecule has 0 radical (unpaired) electrons. The highest BCUT2D eigenvalue weighted by Gasteiger charge is 2.20. The highest BCUT2D eigenvalue weighted by molar-refractivity contribution is 7.20. The van der Waals surface area contributed by atoms with Gasteiger partial charge < -0.3 is 0 Å². The Hall–Kier alpha value is -3.06. The van der Waals surface area contributed by atoms with Crippen LogP contribution in [0.5, 0.6) is 0 Å². The molecule has 5 rings (SSSR count). The van der Waals surface area contributed by atoms with E-state index >= 15 is 0 Å². The highest BCUT2D eigenvalue weighted by atomic mass is 32.1. The maximum atomic E-state index is 4.97. The van der Waals surface area contributed by atoms with Gasteiger partial charge in [0.2, 0.25) is 0 Å². The van der Waals surface area contributed by atoms with Gasteiger partial charge in [-0.05, 0) is 31.2 Å². The van der Waals surface area contributed by atoms with Crippen molar-refractivity contribution in [3.05, 3.63) is 88.8 Å². The predicted molar refractivity (Wildman–Crippen MR) is 112 cm³/mol. The number of thiophene rings is 1. The van der Waals surface area contributed by atoms with Crippen LogP contribution in [0.2, 0.25) is 0 Å². The Kier molecular flexibility index (Phi) is 3.53. The van der Waals surface area contributed by atoms with Gasteiger partial charge in [0.25, 0.3) is 0 Å². The van der Waals surface area contributed by atoms with E-state index in [1.807, 2.05) is 17.4 Å². The normalized spacial score (nSPS) is 12.2. The second-order valence-electron chi connectivity index (χ2n) is 6.48. The van der Waals surface area contributed by atoms with E-state index < -0.39 is 0 Å². The van der Waals surface area contributed by atoms with Crippen LogP contribution in [0.25, 0.3) is 44.8 Å². The molecule has 0 unspecified atom stereocenters. The summed E-state index contributed by atoms with van der Waals surface area (Å²) in [5, 5.41) is 1.28. The van der Waals surface area contributed by atoms with Gasteiger partial charge in [-0.15, -0.1) is 11.3 Å². The summed E-state index contributed by atoms with van der Waals surface area (Å²) >= 11 is 1.83. The lowest BCUT2D eigenvalue weighted by Crippen LogP contribution is -1.88. The van der Waals surface area contributed by atoms with Crippen LogP contribution in [0.15, 0.2) is 66.7 Å². The van der Waals surface area contributed by atoms with Crippen molar-refractivity contribution in [1.29, 1.82) is 0 Å². The third-order valence-corrected chi connectivity index (χ3v) is 5.90. The molecule has 1 aliphatic rings. The van der Waals surface area contributed by atoms with Crippen molar-refractivity contribution in [2.75, 3.05) is 0 Å². The Bertz CT molecular complexity index is 1190. The summed E-state index contributed by atoms with van der Waals surface area (Å²) in [6.07, 6.45) is 9.40. The van der Waals surface area contributed by atoms with Gasteiger partial charge in [-0.3, -0.25) is 0 Å². The van der Waals surface area contributed by atoms with E-state index in [4.69, 9.17) is 4.98 Å². The molecule has 0 saturated heterocycles. The minimum Gasteiger partial charge on any atom is -0.248 e. The monoisotopic (exact) mass is 350 g/mol. The molecule has 1 nitrogen and oxygen atoms in total. The average Bonchev–Trinajstić information content (AvgIpc) is 3.07. The van der Waals surface area contributed by atoms with Crippen molar-refractivity contribution in [2.45, 2.75) is 6.92 Å². The average molecular weight is 350 g/mol. The number of hydrogen-bond donors (Lipinski definition) is 0. The number of hydrogen-bond acceptors (Lipinski definition) is 2. The van der Waals surface area contributed by atoms with Gasteiger partial charge in [0.15, 0.2) is 0 Å². The summed E-state index contributed by atoms with van der Waals surface area (Å²) in [4.78, 5) is 6.27. The zero-order chi connectivity index (χ0) is 17.5. The molecule has 2 aromatic carbocycles. The molecule has 2 heteroatoms. The molecular formula is C24H16NS+. The van der Waals surface area contributed by atoms with E-state index in [1.54, 1.807) is 0 Å². The molecule has 0 spiro atoms. The minimum atomic E-state index is 1.01. The first-order chi connectivity index (χ1) is 12.8. The lowest BCUT2D eigenvalue weighted by molar-refractivity contribution is 1.32. The number of rotatable bonds is 2. The summed E-state index contributed by atoms with van der Waals surface area (Å²) < 4.78 is 1.29. The first-order valence-corrected chi connectivity index (χ1v) is 9.47. The van der Waals surface area contributed by atoms with Gasteiger partial charge in [-0.25, -0.2) is 4.98 Å². The maximum absolute atomic E-state index is 4.97. The van der Waals surface area contributed by atoms with Gasteiger partial charge in [0, 0.05) is 17.2 Å². The van der Waals surface area contributed by atoms with Crippen molar-refractivity contribution in [3.8, 4) is 22.5 Å². The SMILES string of the molecule is Cc1cccc(-c2cccc(-c3cccc4c5c(sc34)C=C[C+]=C5)n2)c1. The quantitative estimate of drug-likeness (QED) is 0.363. The molecule has 0 saturated carbocycles. The Morgan fingerprint density at radius 2 is 1.77 bits per heavy atom. The molecule has 0 fully saturated rings. The van der Waals surface area contributed by atoms with Crippen LogP contribution in [0.3, 0.4) is 0 Å². The molecule has 0 bridgehead atoms. The Labute approximate surface area is 157 Å². The van der Waals surface area contributed by atoms with E-state index in [-0.39, 0.29) is 0 Å². The standard InChI is InChI=1S/C24H16NS/c1-16-7-4-8-17(15-16)21-12-6-13-22(25-21)20-11-5-10-19-18-9-2-3-14-23(18)26-24(19)20/h3-15H,1H3/q+1. The molecule has 1 aliphatic carbocycles. The van der Waals surface area contributed by atoms with Crippen molar-refractivity contribution < 1.29 is 0 Å².